The summed E-state index contributed by atoms with van der Waals surface area (Å²) >= 11 is 5.82. The van der Waals surface area contributed by atoms with E-state index >= 15 is 0 Å². The Morgan fingerprint density at radius 3 is 2.43 bits per heavy atom. The maximum Gasteiger partial charge on any atom is 0.167 e. The van der Waals surface area contributed by atoms with Crippen LogP contribution >= 0.6 is 11.6 Å². The van der Waals surface area contributed by atoms with E-state index in [-0.39, 0.29) is 17.5 Å². The van der Waals surface area contributed by atoms with Crippen molar-refractivity contribution in [2.75, 3.05) is 5.73 Å². The van der Waals surface area contributed by atoms with Gasteiger partial charge < -0.3 is 15.2 Å². The molecule has 2 aromatic carbocycles. The monoisotopic (exact) mass is 309 g/mol. The molecule has 0 aliphatic carbocycles. The lowest BCUT2D eigenvalue weighted by Gasteiger charge is -2.14. The second-order valence-corrected chi connectivity index (χ2v) is 5.34. The van der Waals surface area contributed by atoms with Crippen molar-refractivity contribution in [1.29, 1.82) is 0 Å². The Morgan fingerprint density at radius 1 is 1.14 bits per heavy atom. The number of rotatable bonds is 5. The summed E-state index contributed by atoms with van der Waals surface area (Å²) in [6, 6.07) is 9.94. The van der Waals surface area contributed by atoms with Gasteiger partial charge in [0.15, 0.2) is 11.6 Å². The maximum absolute atomic E-state index is 13.7. The number of ether oxygens (including phenoxy) is 2. The first-order valence-corrected chi connectivity index (χ1v) is 6.96. The number of hydrogen-bond donors (Lipinski definition) is 1. The molecule has 0 amide bonds. The number of hydrogen-bond acceptors (Lipinski definition) is 3. The van der Waals surface area contributed by atoms with E-state index in [1.165, 1.54) is 12.1 Å². The molecular formula is C16H17ClFNO2. The third-order valence-electron chi connectivity index (χ3n) is 2.73. The van der Waals surface area contributed by atoms with Crippen molar-refractivity contribution in [3.63, 3.8) is 0 Å². The summed E-state index contributed by atoms with van der Waals surface area (Å²) in [5.74, 6) is 0.0207. The molecule has 3 nitrogen and oxygen atoms in total. The first kappa shape index (κ1) is 15.4. The molecule has 5 heteroatoms. The van der Waals surface area contributed by atoms with Gasteiger partial charge in [-0.1, -0.05) is 23.7 Å². The standard InChI is InChI=1S/C16H17ClFNO2/c1-10(2)21-15-8-16(14(19)7-13(15)18)20-9-11-3-5-12(17)6-4-11/h3-8,10H,9,19H2,1-2H3. The minimum Gasteiger partial charge on any atom is -0.488 e. The molecule has 0 aliphatic rings. The summed E-state index contributed by atoms with van der Waals surface area (Å²) in [4.78, 5) is 0. The van der Waals surface area contributed by atoms with Crippen LogP contribution in [0.4, 0.5) is 10.1 Å². The van der Waals surface area contributed by atoms with Crippen molar-refractivity contribution in [2.24, 2.45) is 0 Å². The zero-order chi connectivity index (χ0) is 15.4. The van der Waals surface area contributed by atoms with E-state index < -0.39 is 5.82 Å². The summed E-state index contributed by atoms with van der Waals surface area (Å²) in [6.45, 7) is 3.96. The Kier molecular flexibility index (Phi) is 4.91. The summed E-state index contributed by atoms with van der Waals surface area (Å²) in [5.41, 5.74) is 6.94. The predicted octanol–water partition coefficient (Wildman–Crippen LogP) is 4.43. The largest absolute Gasteiger partial charge is 0.488 e. The summed E-state index contributed by atoms with van der Waals surface area (Å²) in [7, 11) is 0. The molecule has 0 saturated heterocycles. The van der Waals surface area contributed by atoms with Gasteiger partial charge in [-0.25, -0.2) is 4.39 Å². The first-order chi connectivity index (χ1) is 9.95. The van der Waals surface area contributed by atoms with Gasteiger partial charge in [0.1, 0.15) is 12.4 Å². The lowest BCUT2D eigenvalue weighted by molar-refractivity contribution is 0.228. The summed E-state index contributed by atoms with van der Waals surface area (Å²) < 4.78 is 24.7. The second-order valence-electron chi connectivity index (χ2n) is 4.90. The number of anilines is 1. The molecule has 21 heavy (non-hydrogen) atoms. The number of nitrogen functional groups attached to an aromatic ring is 1. The fourth-order valence-electron chi connectivity index (χ4n) is 1.76. The smallest absolute Gasteiger partial charge is 0.167 e. The van der Waals surface area contributed by atoms with Crippen LogP contribution in [0.3, 0.4) is 0 Å². The minimum atomic E-state index is -0.500. The normalized spacial score (nSPS) is 10.7. The molecule has 2 rings (SSSR count). The van der Waals surface area contributed by atoms with Crippen LogP contribution in [0, 0.1) is 5.82 Å². The highest BCUT2D eigenvalue weighted by atomic mass is 35.5. The molecule has 112 valence electrons. The van der Waals surface area contributed by atoms with E-state index in [9.17, 15) is 4.39 Å². The quantitative estimate of drug-likeness (QED) is 0.831. The molecule has 0 atom stereocenters. The van der Waals surface area contributed by atoms with E-state index in [0.717, 1.165) is 5.56 Å². The molecule has 0 saturated carbocycles. The lowest BCUT2D eigenvalue weighted by atomic mass is 10.2. The van der Waals surface area contributed by atoms with Gasteiger partial charge >= 0.3 is 0 Å². The minimum absolute atomic E-state index is 0.130. The van der Waals surface area contributed by atoms with Crippen molar-refractivity contribution in [3.05, 3.63) is 52.8 Å². The fourth-order valence-corrected chi connectivity index (χ4v) is 1.89. The van der Waals surface area contributed by atoms with Crippen molar-refractivity contribution >= 4 is 17.3 Å². The zero-order valence-electron chi connectivity index (χ0n) is 11.9. The summed E-state index contributed by atoms with van der Waals surface area (Å²) in [6.07, 6.45) is -0.132. The van der Waals surface area contributed by atoms with Gasteiger partial charge in [0, 0.05) is 17.2 Å². The highest BCUT2D eigenvalue weighted by Gasteiger charge is 2.11. The second kappa shape index (κ2) is 6.68. The molecule has 0 bridgehead atoms. The Balaban J connectivity index is 2.13. The third-order valence-corrected chi connectivity index (χ3v) is 2.99. The van der Waals surface area contributed by atoms with Gasteiger partial charge in [0.25, 0.3) is 0 Å². The van der Waals surface area contributed by atoms with E-state index in [0.29, 0.717) is 17.4 Å². The van der Waals surface area contributed by atoms with Crippen molar-refractivity contribution < 1.29 is 13.9 Å². The molecule has 2 aromatic rings. The molecular weight excluding hydrogens is 293 g/mol. The molecule has 0 spiro atoms. The van der Waals surface area contributed by atoms with Crippen LogP contribution in [0.25, 0.3) is 0 Å². The molecule has 0 heterocycles. The van der Waals surface area contributed by atoms with Crippen LogP contribution in [-0.4, -0.2) is 6.10 Å². The van der Waals surface area contributed by atoms with Crippen molar-refractivity contribution in [2.45, 2.75) is 26.6 Å². The van der Waals surface area contributed by atoms with Gasteiger partial charge in [-0.05, 0) is 31.5 Å². The fraction of sp³-hybridized carbons (Fsp3) is 0.250. The zero-order valence-corrected chi connectivity index (χ0v) is 12.7. The highest BCUT2D eigenvalue weighted by Crippen LogP contribution is 2.31. The van der Waals surface area contributed by atoms with Gasteiger partial charge in [-0.3, -0.25) is 0 Å². The third kappa shape index (κ3) is 4.26. The van der Waals surface area contributed by atoms with Gasteiger partial charge in [0.05, 0.1) is 11.8 Å². The van der Waals surface area contributed by atoms with Crippen LogP contribution in [0.5, 0.6) is 11.5 Å². The first-order valence-electron chi connectivity index (χ1n) is 6.58. The Labute approximate surface area is 128 Å². The van der Waals surface area contributed by atoms with E-state index in [2.05, 4.69) is 0 Å². The number of benzene rings is 2. The van der Waals surface area contributed by atoms with Crippen LogP contribution in [0.1, 0.15) is 19.4 Å². The number of nitrogens with two attached hydrogens (primary N) is 1. The molecule has 2 N–H and O–H groups in total. The van der Waals surface area contributed by atoms with E-state index in [4.69, 9.17) is 26.8 Å². The Bertz CT molecular complexity index is 614. The van der Waals surface area contributed by atoms with Crippen LogP contribution in [0.2, 0.25) is 5.02 Å². The SMILES string of the molecule is CC(C)Oc1cc(OCc2ccc(Cl)cc2)c(N)cc1F. The van der Waals surface area contributed by atoms with Crippen molar-refractivity contribution in [1.82, 2.24) is 0 Å². The number of halogens is 2. The lowest BCUT2D eigenvalue weighted by Crippen LogP contribution is -2.08. The molecule has 0 aromatic heterocycles. The highest BCUT2D eigenvalue weighted by molar-refractivity contribution is 6.30. The van der Waals surface area contributed by atoms with Crippen molar-refractivity contribution in [3.8, 4) is 11.5 Å². The summed E-state index contributed by atoms with van der Waals surface area (Å²) in [5, 5.41) is 0.660. The Hall–Kier alpha value is -1.94. The molecule has 0 unspecified atom stereocenters. The van der Waals surface area contributed by atoms with Crippen LogP contribution in [-0.2, 0) is 6.61 Å². The molecule has 0 aliphatic heterocycles. The van der Waals surface area contributed by atoms with Gasteiger partial charge in [-0.15, -0.1) is 0 Å². The maximum atomic E-state index is 13.7. The van der Waals surface area contributed by atoms with Gasteiger partial charge in [-0.2, -0.15) is 0 Å². The average Bonchev–Trinajstić information content (AvgIpc) is 2.42. The van der Waals surface area contributed by atoms with Crippen LogP contribution in [0.15, 0.2) is 36.4 Å². The Morgan fingerprint density at radius 2 is 1.81 bits per heavy atom. The van der Waals surface area contributed by atoms with E-state index in [1.54, 1.807) is 12.1 Å². The van der Waals surface area contributed by atoms with Gasteiger partial charge in [0.2, 0.25) is 0 Å². The molecule has 0 fully saturated rings. The average molecular weight is 310 g/mol. The predicted molar refractivity (Wildman–Crippen MR) is 82.4 cm³/mol. The van der Waals surface area contributed by atoms with E-state index in [1.807, 2.05) is 26.0 Å². The molecule has 0 radical (unpaired) electrons. The topological polar surface area (TPSA) is 44.5 Å². The van der Waals surface area contributed by atoms with Crippen LogP contribution < -0.4 is 15.2 Å².